The highest BCUT2D eigenvalue weighted by Gasteiger charge is 2.06. The normalized spacial score (nSPS) is 11.3. The number of hydrogen-bond donors (Lipinski definition) is 1. The van der Waals surface area contributed by atoms with Crippen molar-refractivity contribution >= 4 is 32.5 Å². The van der Waals surface area contributed by atoms with E-state index in [1.165, 1.54) is 0 Å². The van der Waals surface area contributed by atoms with Crippen LogP contribution < -0.4 is 5.56 Å². The molecule has 2 aromatic heterocycles. The number of fused-ring (bicyclic) bond motifs is 3. The maximum Gasteiger partial charge on any atom is 0.272 e. The van der Waals surface area contributed by atoms with Crippen LogP contribution >= 0.6 is 15.9 Å². The molecule has 0 saturated carbocycles. The summed E-state index contributed by atoms with van der Waals surface area (Å²) in [7, 11) is 0. The number of aromatic nitrogens is 2. The van der Waals surface area contributed by atoms with Gasteiger partial charge in [0.2, 0.25) is 0 Å². The number of para-hydroxylation sites is 2. The van der Waals surface area contributed by atoms with Crippen LogP contribution in [0.2, 0.25) is 0 Å². The van der Waals surface area contributed by atoms with Gasteiger partial charge in [0, 0.05) is 0 Å². The zero-order valence-electron chi connectivity index (χ0n) is 7.70. The summed E-state index contributed by atoms with van der Waals surface area (Å²) in [5.41, 5.74) is 2.41. The van der Waals surface area contributed by atoms with Gasteiger partial charge in [-0.05, 0) is 40.2 Å². The molecule has 3 aromatic rings. The molecular weight excluding hydrogens is 256 g/mol. The lowest BCUT2D eigenvalue weighted by Gasteiger charge is -2.02. The second-order valence-electron chi connectivity index (χ2n) is 3.35. The van der Waals surface area contributed by atoms with Crippen LogP contribution in [0, 0.1) is 0 Å². The Morgan fingerprint density at radius 3 is 2.73 bits per heavy atom. The van der Waals surface area contributed by atoms with E-state index < -0.39 is 0 Å². The molecule has 0 spiro atoms. The Hall–Kier alpha value is -1.55. The van der Waals surface area contributed by atoms with Gasteiger partial charge in [0.15, 0.2) is 0 Å². The Morgan fingerprint density at radius 1 is 1.07 bits per heavy atom. The van der Waals surface area contributed by atoms with E-state index in [-0.39, 0.29) is 5.56 Å². The first-order valence-corrected chi connectivity index (χ1v) is 5.34. The van der Waals surface area contributed by atoms with Crippen LogP contribution in [0.15, 0.2) is 45.8 Å². The fraction of sp³-hybridized carbons (Fsp3) is 0. The fourth-order valence-corrected chi connectivity index (χ4v) is 2.31. The first-order chi connectivity index (χ1) is 7.27. The summed E-state index contributed by atoms with van der Waals surface area (Å²) in [4.78, 5) is 14.6. The standard InChI is InChI=1S/C11H7BrN2O/c12-10-6-5-9-11(15)13-7-3-1-2-4-8(7)14(9)10/h1-6H,(H,13,15). The minimum atomic E-state index is -0.0700. The molecule has 0 bridgehead atoms. The number of rotatable bonds is 0. The van der Waals surface area contributed by atoms with Gasteiger partial charge in [-0.25, -0.2) is 0 Å². The predicted molar refractivity (Wildman–Crippen MR) is 63.2 cm³/mol. The molecule has 4 heteroatoms. The third-order valence-electron chi connectivity index (χ3n) is 2.46. The molecule has 0 aliphatic carbocycles. The molecule has 2 heterocycles. The van der Waals surface area contributed by atoms with Crippen molar-refractivity contribution in [3.8, 4) is 0 Å². The lowest BCUT2D eigenvalue weighted by atomic mass is 10.3. The fourth-order valence-electron chi connectivity index (χ4n) is 1.79. The minimum Gasteiger partial charge on any atom is -0.319 e. The molecule has 0 aliphatic heterocycles. The van der Waals surface area contributed by atoms with E-state index in [1.807, 2.05) is 34.7 Å². The van der Waals surface area contributed by atoms with Crippen LogP contribution in [0.1, 0.15) is 0 Å². The molecule has 3 nitrogen and oxygen atoms in total. The molecular formula is C11H7BrN2O. The molecule has 3 rings (SSSR count). The van der Waals surface area contributed by atoms with Crippen molar-refractivity contribution in [3.63, 3.8) is 0 Å². The molecule has 74 valence electrons. The third-order valence-corrected chi connectivity index (χ3v) is 3.08. The predicted octanol–water partition coefficient (Wildman–Crippen LogP) is 2.54. The summed E-state index contributed by atoms with van der Waals surface area (Å²) < 4.78 is 2.79. The van der Waals surface area contributed by atoms with Crippen molar-refractivity contribution in [1.29, 1.82) is 0 Å². The summed E-state index contributed by atoms with van der Waals surface area (Å²) in [6.45, 7) is 0. The van der Waals surface area contributed by atoms with Gasteiger partial charge in [0.25, 0.3) is 5.56 Å². The Bertz CT molecular complexity index is 711. The maximum atomic E-state index is 11.7. The van der Waals surface area contributed by atoms with Gasteiger partial charge in [-0.3, -0.25) is 9.20 Å². The Morgan fingerprint density at radius 2 is 1.87 bits per heavy atom. The third kappa shape index (κ3) is 1.15. The molecule has 0 amide bonds. The van der Waals surface area contributed by atoms with Gasteiger partial charge in [-0.15, -0.1) is 0 Å². The summed E-state index contributed by atoms with van der Waals surface area (Å²) in [6.07, 6.45) is 0. The van der Waals surface area contributed by atoms with Gasteiger partial charge in [0.05, 0.1) is 15.6 Å². The number of hydrogen-bond acceptors (Lipinski definition) is 1. The molecule has 0 fully saturated rings. The first-order valence-electron chi connectivity index (χ1n) is 4.55. The van der Waals surface area contributed by atoms with Gasteiger partial charge in [0.1, 0.15) is 5.52 Å². The zero-order chi connectivity index (χ0) is 10.4. The van der Waals surface area contributed by atoms with Crippen molar-refractivity contribution in [2.24, 2.45) is 0 Å². The highest BCUT2D eigenvalue weighted by Crippen LogP contribution is 2.19. The maximum absolute atomic E-state index is 11.7. The number of nitrogens with zero attached hydrogens (tertiary/aromatic N) is 1. The summed E-state index contributed by atoms with van der Waals surface area (Å²) in [6, 6.07) is 11.4. The van der Waals surface area contributed by atoms with E-state index in [4.69, 9.17) is 0 Å². The van der Waals surface area contributed by atoms with E-state index in [2.05, 4.69) is 20.9 Å². The number of H-pyrrole nitrogens is 1. The quantitative estimate of drug-likeness (QED) is 0.665. The van der Waals surface area contributed by atoms with Crippen LogP contribution in [0.4, 0.5) is 0 Å². The molecule has 0 unspecified atom stereocenters. The first kappa shape index (κ1) is 8.73. The Kier molecular flexibility index (Phi) is 1.73. The van der Waals surface area contributed by atoms with Crippen molar-refractivity contribution in [2.75, 3.05) is 0 Å². The average Bonchev–Trinajstić information content (AvgIpc) is 2.62. The molecule has 15 heavy (non-hydrogen) atoms. The van der Waals surface area contributed by atoms with Gasteiger partial charge in [-0.2, -0.15) is 0 Å². The molecule has 1 aromatic carbocycles. The topological polar surface area (TPSA) is 37.3 Å². The molecule has 0 saturated heterocycles. The average molecular weight is 263 g/mol. The second kappa shape index (κ2) is 2.97. The van der Waals surface area contributed by atoms with Crippen LogP contribution in [-0.2, 0) is 0 Å². The largest absolute Gasteiger partial charge is 0.319 e. The van der Waals surface area contributed by atoms with Crippen LogP contribution in [0.3, 0.4) is 0 Å². The Balaban J connectivity index is 2.74. The number of aromatic amines is 1. The highest BCUT2D eigenvalue weighted by atomic mass is 79.9. The lowest BCUT2D eigenvalue weighted by molar-refractivity contribution is 1.16. The molecule has 0 atom stereocenters. The van der Waals surface area contributed by atoms with Gasteiger partial charge < -0.3 is 4.98 Å². The second-order valence-corrected chi connectivity index (χ2v) is 4.16. The lowest BCUT2D eigenvalue weighted by Crippen LogP contribution is -2.09. The summed E-state index contributed by atoms with van der Waals surface area (Å²) in [5.74, 6) is 0. The van der Waals surface area contributed by atoms with Crippen LogP contribution in [-0.4, -0.2) is 9.38 Å². The van der Waals surface area contributed by atoms with Crippen LogP contribution in [0.5, 0.6) is 0 Å². The highest BCUT2D eigenvalue weighted by molar-refractivity contribution is 9.10. The van der Waals surface area contributed by atoms with Crippen molar-refractivity contribution in [2.45, 2.75) is 0 Å². The van der Waals surface area contributed by atoms with Crippen molar-refractivity contribution in [1.82, 2.24) is 9.38 Å². The SMILES string of the molecule is O=c1[nH]c2ccccc2n2c(Br)ccc12. The van der Waals surface area contributed by atoms with Crippen molar-refractivity contribution in [3.05, 3.63) is 51.4 Å². The molecule has 0 aliphatic rings. The smallest absolute Gasteiger partial charge is 0.272 e. The monoisotopic (exact) mass is 262 g/mol. The number of halogens is 1. The molecule has 1 N–H and O–H groups in total. The summed E-state index contributed by atoms with van der Waals surface area (Å²) in [5, 5.41) is 0. The van der Waals surface area contributed by atoms with E-state index in [1.54, 1.807) is 6.07 Å². The van der Waals surface area contributed by atoms with E-state index in [0.29, 0.717) is 5.52 Å². The van der Waals surface area contributed by atoms with Gasteiger partial charge in [-0.1, -0.05) is 12.1 Å². The van der Waals surface area contributed by atoms with E-state index in [0.717, 1.165) is 15.6 Å². The molecule has 0 radical (unpaired) electrons. The van der Waals surface area contributed by atoms with Crippen LogP contribution in [0.25, 0.3) is 16.6 Å². The van der Waals surface area contributed by atoms with Gasteiger partial charge >= 0.3 is 0 Å². The number of benzene rings is 1. The minimum absolute atomic E-state index is 0.0700. The number of nitrogens with one attached hydrogen (secondary N) is 1. The van der Waals surface area contributed by atoms with E-state index >= 15 is 0 Å². The van der Waals surface area contributed by atoms with Crippen molar-refractivity contribution < 1.29 is 0 Å². The van der Waals surface area contributed by atoms with E-state index in [9.17, 15) is 4.79 Å². The zero-order valence-corrected chi connectivity index (χ0v) is 9.28. The summed E-state index contributed by atoms with van der Waals surface area (Å²) >= 11 is 3.43. The Labute approximate surface area is 93.5 Å².